The molecule has 0 spiro atoms. The molecule has 0 amide bonds. The van der Waals surface area contributed by atoms with E-state index in [4.69, 9.17) is 4.74 Å². The first kappa shape index (κ1) is 14.3. The Labute approximate surface area is 125 Å². The number of hydrogen-bond donors (Lipinski definition) is 0. The molecule has 0 aliphatic heterocycles. The van der Waals surface area contributed by atoms with Gasteiger partial charge in [-0.15, -0.1) is 0 Å². The van der Waals surface area contributed by atoms with Crippen LogP contribution in [0.4, 0.5) is 0 Å². The molecule has 2 aliphatic rings. The molecule has 3 atom stereocenters. The summed E-state index contributed by atoms with van der Waals surface area (Å²) in [6.07, 6.45) is 1.96. The van der Waals surface area contributed by atoms with Gasteiger partial charge >= 0.3 is 0 Å². The Balaban J connectivity index is 2.06. The molecule has 0 unspecified atom stereocenters. The molecule has 3 nitrogen and oxygen atoms in total. The van der Waals surface area contributed by atoms with Gasteiger partial charge in [-0.05, 0) is 49.9 Å². The van der Waals surface area contributed by atoms with Gasteiger partial charge in [-0.3, -0.25) is 9.59 Å². The Hall–Kier alpha value is -1.64. The lowest BCUT2D eigenvalue weighted by Crippen LogP contribution is -2.45. The first-order chi connectivity index (χ1) is 9.83. The fourth-order valence-electron chi connectivity index (χ4n) is 4.21. The highest BCUT2D eigenvalue weighted by Crippen LogP contribution is 2.55. The number of rotatable bonds is 2. The number of ether oxygens (including phenoxy) is 1. The Morgan fingerprint density at radius 2 is 1.90 bits per heavy atom. The minimum Gasteiger partial charge on any atom is -0.497 e. The van der Waals surface area contributed by atoms with Crippen molar-refractivity contribution < 1.29 is 14.3 Å². The number of benzene rings is 1. The molecule has 0 heterocycles. The van der Waals surface area contributed by atoms with Gasteiger partial charge in [0.05, 0.1) is 12.5 Å². The highest BCUT2D eigenvalue weighted by atomic mass is 16.5. The van der Waals surface area contributed by atoms with E-state index in [-0.39, 0.29) is 22.9 Å². The molecular formula is C18H22O3. The Morgan fingerprint density at radius 3 is 2.52 bits per heavy atom. The largest absolute Gasteiger partial charge is 0.497 e. The van der Waals surface area contributed by atoms with Crippen LogP contribution in [0, 0.1) is 18.3 Å². The molecule has 2 saturated carbocycles. The van der Waals surface area contributed by atoms with Crippen LogP contribution >= 0.6 is 0 Å². The second kappa shape index (κ2) is 4.43. The van der Waals surface area contributed by atoms with Crippen LogP contribution in [-0.4, -0.2) is 18.7 Å². The van der Waals surface area contributed by atoms with Gasteiger partial charge in [-0.25, -0.2) is 0 Å². The maximum Gasteiger partial charge on any atom is 0.150 e. The maximum atomic E-state index is 12.7. The molecule has 2 fully saturated rings. The van der Waals surface area contributed by atoms with Crippen molar-refractivity contribution in [1.29, 1.82) is 0 Å². The number of aryl methyl sites for hydroxylation is 1. The van der Waals surface area contributed by atoms with E-state index in [1.807, 2.05) is 19.1 Å². The summed E-state index contributed by atoms with van der Waals surface area (Å²) in [5.74, 6) is 0.939. The summed E-state index contributed by atoms with van der Waals surface area (Å²) in [5, 5.41) is 0. The van der Waals surface area contributed by atoms with E-state index in [1.54, 1.807) is 7.11 Å². The molecule has 3 heteroatoms. The van der Waals surface area contributed by atoms with Gasteiger partial charge in [0.1, 0.15) is 11.5 Å². The van der Waals surface area contributed by atoms with Crippen molar-refractivity contribution in [3.05, 3.63) is 29.3 Å². The zero-order chi connectivity index (χ0) is 15.4. The lowest BCUT2D eigenvalue weighted by Gasteiger charge is -2.42. The first-order valence-electron chi connectivity index (χ1n) is 7.55. The van der Waals surface area contributed by atoms with Crippen LogP contribution in [0.1, 0.15) is 44.2 Å². The van der Waals surface area contributed by atoms with Gasteiger partial charge in [-0.1, -0.05) is 13.0 Å². The van der Waals surface area contributed by atoms with Crippen LogP contribution in [0.15, 0.2) is 18.2 Å². The van der Waals surface area contributed by atoms with E-state index in [9.17, 15) is 9.59 Å². The van der Waals surface area contributed by atoms with Crippen LogP contribution in [0.2, 0.25) is 0 Å². The molecule has 0 radical (unpaired) electrons. The summed E-state index contributed by atoms with van der Waals surface area (Å²) in [4.78, 5) is 24.9. The zero-order valence-electron chi connectivity index (χ0n) is 13.2. The van der Waals surface area contributed by atoms with Crippen LogP contribution in [0.25, 0.3) is 0 Å². The van der Waals surface area contributed by atoms with E-state index < -0.39 is 5.41 Å². The summed E-state index contributed by atoms with van der Waals surface area (Å²) in [6.45, 7) is 6.03. The number of ketones is 2. The second-order valence-corrected chi connectivity index (χ2v) is 6.97. The topological polar surface area (TPSA) is 43.4 Å². The number of hydrogen-bond acceptors (Lipinski definition) is 3. The molecule has 0 saturated heterocycles. The van der Waals surface area contributed by atoms with Crippen molar-refractivity contribution in [2.45, 2.75) is 45.4 Å². The summed E-state index contributed by atoms with van der Waals surface area (Å²) < 4.78 is 5.26. The standard InChI is InChI=1S/C18H22O3/c1-11-9-12(21-4)5-6-13(11)17(2)7-8-18(3)15(19)10-14(17)16(18)20/h5-6,9,14H,7-8,10H2,1-4H3/t14-,17-,18+/m0/s1. The fraction of sp³-hybridized carbons (Fsp3) is 0.556. The smallest absolute Gasteiger partial charge is 0.150 e. The van der Waals surface area contributed by atoms with Gasteiger partial charge < -0.3 is 4.74 Å². The van der Waals surface area contributed by atoms with Crippen molar-refractivity contribution in [2.75, 3.05) is 7.11 Å². The lowest BCUT2D eigenvalue weighted by molar-refractivity contribution is -0.138. The van der Waals surface area contributed by atoms with E-state index >= 15 is 0 Å². The van der Waals surface area contributed by atoms with E-state index in [0.29, 0.717) is 12.8 Å². The van der Waals surface area contributed by atoms with Gasteiger partial charge in [0.25, 0.3) is 0 Å². The average molecular weight is 286 g/mol. The summed E-state index contributed by atoms with van der Waals surface area (Å²) in [7, 11) is 1.65. The Morgan fingerprint density at radius 1 is 1.19 bits per heavy atom. The number of carbonyl (C=O) groups is 2. The van der Waals surface area contributed by atoms with Crippen LogP contribution < -0.4 is 4.74 Å². The molecular weight excluding hydrogens is 264 g/mol. The second-order valence-electron chi connectivity index (χ2n) is 6.97. The number of Topliss-reactive ketones (excluding diaryl/α,β-unsaturated/α-hetero) is 2. The van der Waals surface area contributed by atoms with Crippen molar-refractivity contribution in [3.63, 3.8) is 0 Å². The van der Waals surface area contributed by atoms with Gasteiger partial charge in [0, 0.05) is 17.8 Å². The third-order valence-electron chi connectivity index (χ3n) is 5.83. The molecule has 1 aromatic rings. The summed E-state index contributed by atoms with van der Waals surface area (Å²) in [5.41, 5.74) is 1.36. The van der Waals surface area contributed by atoms with Crippen molar-refractivity contribution in [1.82, 2.24) is 0 Å². The minimum absolute atomic E-state index is 0.132. The van der Waals surface area contributed by atoms with Crippen molar-refractivity contribution in [2.24, 2.45) is 11.3 Å². The van der Waals surface area contributed by atoms with Gasteiger partial charge in [-0.2, -0.15) is 0 Å². The SMILES string of the molecule is COc1ccc([C@]2(C)CC[C@]3(C)C(=O)C[C@H]2C3=O)c(C)c1. The molecule has 0 N–H and O–H groups in total. The third kappa shape index (κ3) is 1.79. The Bertz CT molecular complexity index is 633. The molecule has 1 aromatic carbocycles. The van der Waals surface area contributed by atoms with Crippen molar-refractivity contribution in [3.8, 4) is 5.75 Å². The fourth-order valence-corrected chi connectivity index (χ4v) is 4.21. The highest BCUT2D eigenvalue weighted by molar-refractivity contribution is 6.15. The molecule has 21 heavy (non-hydrogen) atoms. The lowest BCUT2D eigenvalue weighted by atomic mass is 9.60. The quantitative estimate of drug-likeness (QED) is 0.784. The van der Waals surface area contributed by atoms with Gasteiger partial charge in [0.15, 0.2) is 5.78 Å². The zero-order valence-corrected chi connectivity index (χ0v) is 13.2. The molecule has 3 rings (SSSR count). The minimum atomic E-state index is -0.718. The van der Waals surface area contributed by atoms with Crippen LogP contribution in [0.5, 0.6) is 5.75 Å². The van der Waals surface area contributed by atoms with Crippen molar-refractivity contribution >= 4 is 11.6 Å². The monoisotopic (exact) mass is 286 g/mol. The van der Waals surface area contributed by atoms with E-state index in [1.165, 1.54) is 5.56 Å². The highest BCUT2D eigenvalue weighted by Gasteiger charge is 2.61. The molecule has 2 aliphatic carbocycles. The third-order valence-corrected chi connectivity index (χ3v) is 5.83. The Kier molecular flexibility index (Phi) is 3.01. The molecule has 2 bridgehead atoms. The predicted octanol–water partition coefficient (Wildman–Crippen LogP) is 3.22. The summed E-state index contributed by atoms with van der Waals surface area (Å²) in [6, 6.07) is 6.02. The molecule has 0 aromatic heterocycles. The normalized spacial score (nSPS) is 35.1. The van der Waals surface area contributed by atoms with Crippen LogP contribution in [0.3, 0.4) is 0 Å². The average Bonchev–Trinajstić information content (AvgIpc) is 2.62. The maximum absolute atomic E-state index is 12.7. The van der Waals surface area contributed by atoms with E-state index in [0.717, 1.165) is 17.7 Å². The number of fused-ring (bicyclic) bond motifs is 2. The summed E-state index contributed by atoms with van der Waals surface area (Å²) >= 11 is 0. The predicted molar refractivity (Wildman–Crippen MR) is 80.5 cm³/mol. The number of carbonyl (C=O) groups excluding carboxylic acids is 2. The van der Waals surface area contributed by atoms with E-state index in [2.05, 4.69) is 19.9 Å². The molecule has 112 valence electrons. The van der Waals surface area contributed by atoms with Crippen LogP contribution in [-0.2, 0) is 15.0 Å². The first-order valence-corrected chi connectivity index (χ1v) is 7.55. The van der Waals surface area contributed by atoms with Gasteiger partial charge in [0.2, 0.25) is 0 Å². The number of methoxy groups -OCH3 is 1.